The van der Waals surface area contributed by atoms with E-state index in [4.69, 9.17) is 0 Å². The maximum Gasteiger partial charge on any atom is 0.101 e. The van der Waals surface area contributed by atoms with Crippen LogP contribution in [0.1, 0.15) is 43.9 Å². The van der Waals surface area contributed by atoms with Crippen molar-refractivity contribution in [2.45, 2.75) is 51.3 Å². The Morgan fingerprint density at radius 1 is 1.50 bits per heavy atom. The SMILES string of the molecule is Cc1cccc(C(O)C2CCC(C)(C)N2N=O)c1. The Morgan fingerprint density at radius 3 is 2.83 bits per heavy atom. The first-order valence-corrected chi connectivity index (χ1v) is 6.33. The Balaban J connectivity index is 2.24. The van der Waals surface area contributed by atoms with Crippen molar-refractivity contribution < 1.29 is 5.11 Å². The molecule has 1 saturated heterocycles. The van der Waals surface area contributed by atoms with Crippen LogP contribution in [-0.2, 0) is 0 Å². The molecule has 1 aromatic rings. The van der Waals surface area contributed by atoms with Crippen molar-refractivity contribution in [3.05, 3.63) is 40.3 Å². The highest BCUT2D eigenvalue weighted by atomic mass is 16.3. The molecule has 4 nitrogen and oxygen atoms in total. The van der Waals surface area contributed by atoms with Crippen LogP contribution in [0.3, 0.4) is 0 Å². The average Bonchev–Trinajstić information content (AvgIpc) is 2.63. The molecule has 18 heavy (non-hydrogen) atoms. The van der Waals surface area contributed by atoms with Gasteiger partial charge in [0.15, 0.2) is 0 Å². The van der Waals surface area contributed by atoms with Crippen LogP contribution in [0, 0.1) is 11.8 Å². The molecule has 4 heteroatoms. The summed E-state index contributed by atoms with van der Waals surface area (Å²) in [6, 6.07) is 7.54. The summed E-state index contributed by atoms with van der Waals surface area (Å²) in [5, 5.41) is 15.1. The summed E-state index contributed by atoms with van der Waals surface area (Å²) in [5.41, 5.74) is 1.69. The van der Waals surface area contributed by atoms with E-state index in [1.165, 1.54) is 5.01 Å². The van der Waals surface area contributed by atoms with E-state index in [-0.39, 0.29) is 11.6 Å². The molecule has 1 N–H and O–H groups in total. The third kappa shape index (κ3) is 2.25. The van der Waals surface area contributed by atoms with Crippen molar-refractivity contribution in [1.29, 1.82) is 0 Å². The zero-order valence-electron chi connectivity index (χ0n) is 11.1. The van der Waals surface area contributed by atoms with E-state index in [1.807, 2.05) is 45.0 Å². The number of benzene rings is 1. The number of aryl methyl sites for hydroxylation is 1. The number of hydrogen-bond donors (Lipinski definition) is 1. The molecule has 2 rings (SSSR count). The van der Waals surface area contributed by atoms with E-state index < -0.39 is 6.10 Å². The van der Waals surface area contributed by atoms with Crippen molar-refractivity contribution in [2.75, 3.05) is 0 Å². The first kappa shape index (κ1) is 13.0. The molecular formula is C14H20N2O2. The van der Waals surface area contributed by atoms with Crippen LogP contribution < -0.4 is 0 Å². The highest BCUT2D eigenvalue weighted by molar-refractivity contribution is 5.25. The van der Waals surface area contributed by atoms with E-state index in [2.05, 4.69) is 5.29 Å². The Bertz CT molecular complexity index is 445. The molecule has 0 radical (unpaired) electrons. The summed E-state index contributed by atoms with van der Waals surface area (Å²) < 4.78 is 0. The molecule has 1 aromatic carbocycles. The van der Waals surface area contributed by atoms with E-state index >= 15 is 0 Å². The topological polar surface area (TPSA) is 52.9 Å². The second-order valence-corrected chi connectivity index (χ2v) is 5.70. The van der Waals surface area contributed by atoms with Crippen molar-refractivity contribution in [3.8, 4) is 0 Å². The lowest BCUT2D eigenvalue weighted by atomic mass is 9.99. The maximum atomic E-state index is 11.0. The van der Waals surface area contributed by atoms with Gasteiger partial charge in [-0.05, 0) is 39.2 Å². The predicted octanol–water partition coefficient (Wildman–Crippen LogP) is 2.95. The van der Waals surface area contributed by atoms with E-state index in [9.17, 15) is 10.0 Å². The lowest BCUT2D eigenvalue weighted by Gasteiger charge is -2.32. The van der Waals surface area contributed by atoms with Gasteiger partial charge in [0.05, 0.1) is 16.9 Å². The highest BCUT2D eigenvalue weighted by Gasteiger charge is 2.43. The molecule has 1 aliphatic heterocycles. The largest absolute Gasteiger partial charge is 0.386 e. The Labute approximate surface area is 108 Å². The molecule has 1 heterocycles. The van der Waals surface area contributed by atoms with Crippen molar-refractivity contribution >= 4 is 0 Å². The van der Waals surface area contributed by atoms with Gasteiger partial charge in [-0.3, -0.25) is 0 Å². The first-order valence-electron chi connectivity index (χ1n) is 6.33. The summed E-state index contributed by atoms with van der Waals surface area (Å²) in [7, 11) is 0. The van der Waals surface area contributed by atoms with Gasteiger partial charge >= 0.3 is 0 Å². The van der Waals surface area contributed by atoms with Crippen LogP contribution in [0.15, 0.2) is 29.6 Å². The third-order valence-electron chi connectivity index (χ3n) is 3.82. The van der Waals surface area contributed by atoms with Crippen LogP contribution in [0.4, 0.5) is 0 Å². The standard InChI is InChI=1S/C14H20N2O2/c1-10-5-4-6-11(9-10)13(17)12-7-8-14(2,3)16(12)15-18/h4-6,9,12-13,17H,7-8H2,1-3H3. The molecule has 2 unspecified atom stereocenters. The zero-order chi connectivity index (χ0) is 13.3. The van der Waals surface area contributed by atoms with E-state index in [0.717, 1.165) is 24.0 Å². The minimum absolute atomic E-state index is 0.223. The highest BCUT2D eigenvalue weighted by Crippen LogP contribution is 2.39. The van der Waals surface area contributed by atoms with Crippen molar-refractivity contribution in [1.82, 2.24) is 5.01 Å². The van der Waals surface area contributed by atoms with Gasteiger partial charge in [-0.2, -0.15) is 0 Å². The van der Waals surface area contributed by atoms with E-state index in [1.54, 1.807) is 0 Å². The minimum Gasteiger partial charge on any atom is -0.386 e. The summed E-state index contributed by atoms with van der Waals surface area (Å²) in [6.45, 7) is 5.96. The summed E-state index contributed by atoms with van der Waals surface area (Å²) >= 11 is 0. The number of rotatable bonds is 3. The molecule has 1 aliphatic rings. The van der Waals surface area contributed by atoms with E-state index in [0.29, 0.717) is 0 Å². The third-order valence-corrected chi connectivity index (χ3v) is 3.82. The van der Waals surface area contributed by atoms with Crippen LogP contribution in [-0.4, -0.2) is 21.7 Å². The fourth-order valence-electron chi connectivity index (χ4n) is 2.73. The Hall–Kier alpha value is -1.42. The number of nitroso groups, excluding NO2 is 1. The molecule has 0 aromatic heterocycles. The first-order chi connectivity index (χ1) is 8.45. The molecule has 0 spiro atoms. The number of aliphatic hydroxyl groups is 1. The zero-order valence-corrected chi connectivity index (χ0v) is 11.1. The van der Waals surface area contributed by atoms with Gasteiger partial charge in [0, 0.05) is 0 Å². The van der Waals surface area contributed by atoms with Gasteiger partial charge in [-0.15, -0.1) is 4.91 Å². The normalized spacial score (nSPS) is 24.0. The quantitative estimate of drug-likeness (QED) is 0.837. The van der Waals surface area contributed by atoms with Gasteiger partial charge in [0.25, 0.3) is 0 Å². The van der Waals surface area contributed by atoms with Gasteiger partial charge < -0.3 is 5.11 Å². The predicted molar refractivity (Wildman–Crippen MR) is 70.9 cm³/mol. The lowest BCUT2D eigenvalue weighted by Crippen LogP contribution is -2.41. The molecule has 0 saturated carbocycles. The second kappa shape index (κ2) is 4.69. The van der Waals surface area contributed by atoms with Gasteiger partial charge in [-0.1, -0.05) is 29.8 Å². The molecule has 0 amide bonds. The second-order valence-electron chi connectivity index (χ2n) is 5.70. The number of aliphatic hydroxyl groups excluding tert-OH is 1. The van der Waals surface area contributed by atoms with Crippen LogP contribution >= 0.6 is 0 Å². The molecule has 0 aliphatic carbocycles. The monoisotopic (exact) mass is 248 g/mol. The number of nitrogens with zero attached hydrogens (tertiary/aromatic N) is 2. The van der Waals surface area contributed by atoms with Crippen LogP contribution in [0.25, 0.3) is 0 Å². The molecular weight excluding hydrogens is 228 g/mol. The maximum absolute atomic E-state index is 11.0. The average molecular weight is 248 g/mol. The van der Waals surface area contributed by atoms with Gasteiger partial charge in [0.1, 0.15) is 6.10 Å². The summed E-state index contributed by atoms with van der Waals surface area (Å²) in [6.07, 6.45) is 0.990. The fraction of sp³-hybridized carbons (Fsp3) is 0.571. The van der Waals surface area contributed by atoms with Crippen LogP contribution in [0.2, 0.25) is 0 Å². The summed E-state index contributed by atoms with van der Waals surface area (Å²) in [5.74, 6) is 0. The molecule has 2 atom stereocenters. The smallest absolute Gasteiger partial charge is 0.101 e. The number of hydrogen-bond acceptors (Lipinski definition) is 3. The van der Waals surface area contributed by atoms with Gasteiger partial charge in [-0.25, -0.2) is 5.01 Å². The summed E-state index contributed by atoms with van der Waals surface area (Å²) in [4.78, 5) is 11.0. The Kier molecular flexibility index (Phi) is 3.39. The molecule has 98 valence electrons. The Morgan fingerprint density at radius 2 is 2.22 bits per heavy atom. The van der Waals surface area contributed by atoms with Crippen LogP contribution in [0.5, 0.6) is 0 Å². The lowest BCUT2D eigenvalue weighted by molar-refractivity contribution is 0.0338. The minimum atomic E-state index is -0.663. The van der Waals surface area contributed by atoms with Crippen molar-refractivity contribution in [3.63, 3.8) is 0 Å². The fourth-order valence-corrected chi connectivity index (χ4v) is 2.73. The molecule has 1 fully saturated rings. The van der Waals surface area contributed by atoms with Gasteiger partial charge in [0.2, 0.25) is 0 Å². The molecule has 0 bridgehead atoms. The van der Waals surface area contributed by atoms with Crippen molar-refractivity contribution in [2.24, 2.45) is 5.29 Å².